The normalized spacial score (nSPS) is 9.00. The fourth-order valence-corrected chi connectivity index (χ4v) is 1.21. The summed E-state index contributed by atoms with van der Waals surface area (Å²) in [5.41, 5.74) is 0.821. The summed E-state index contributed by atoms with van der Waals surface area (Å²) in [6, 6.07) is 5.52. The van der Waals surface area contributed by atoms with Crippen molar-refractivity contribution < 1.29 is 9.47 Å². The molecule has 0 aromatic heterocycles. The highest BCUT2D eigenvalue weighted by molar-refractivity contribution is 6.18. The Morgan fingerprint density at radius 2 is 2.07 bits per heavy atom. The van der Waals surface area contributed by atoms with E-state index in [1.807, 2.05) is 18.2 Å². The third-order valence-electron chi connectivity index (χ3n) is 1.85. The summed E-state index contributed by atoms with van der Waals surface area (Å²) >= 11 is 5.54. The SMILES string of the molecule is COc1ccc(OC)c(C#CCCCl)c1. The maximum atomic E-state index is 5.54. The van der Waals surface area contributed by atoms with Crippen LogP contribution in [0.2, 0.25) is 0 Å². The fraction of sp³-hybridized carbons (Fsp3) is 0.333. The minimum absolute atomic E-state index is 0.541. The van der Waals surface area contributed by atoms with Crippen molar-refractivity contribution in [3.63, 3.8) is 0 Å². The molecule has 0 saturated heterocycles. The molecule has 0 aliphatic carbocycles. The molecule has 0 aliphatic rings. The van der Waals surface area contributed by atoms with Crippen molar-refractivity contribution in [3.05, 3.63) is 23.8 Å². The van der Waals surface area contributed by atoms with Gasteiger partial charge in [0.05, 0.1) is 19.8 Å². The van der Waals surface area contributed by atoms with Gasteiger partial charge < -0.3 is 9.47 Å². The van der Waals surface area contributed by atoms with Crippen LogP contribution in [0.25, 0.3) is 0 Å². The molecule has 0 aliphatic heterocycles. The Kier molecular flexibility index (Phi) is 4.86. The smallest absolute Gasteiger partial charge is 0.134 e. The van der Waals surface area contributed by atoms with E-state index in [4.69, 9.17) is 21.1 Å². The second-order valence-electron chi connectivity index (χ2n) is 2.81. The summed E-state index contributed by atoms with van der Waals surface area (Å²) in [5, 5.41) is 0. The summed E-state index contributed by atoms with van der Waals surface area (Å²) in [5.74, 6) is 8.02. The number of ether oxygens (including phenoxy) is 2. The van der Waals surface area contributed by atoms with Gasteiger partial charge in [0.2, 0.25) is 0 Å². The van der Waals surface area contributed by atoms with E-state index >= 15 is 0 Å². The molecule has 0 amide bonds. The van der Waals surface area contributed by atoms with Crippen molar-refractivity contribution in [3.8, 4) is 23.3 Å². The molecule has 0 bridgehead atoms. The van der Waals surface area contributed by atoms with E-state index in [1.54, 1.807) is 14.2 Å². The first kappa shape index (κ1) is 11.7. The minimum Gasteiger partial charge on any atom is -0.497 e. The lowest BCUT2D eigenvalue weighted by Crippen LogP contribution is -1.90. The quantitative estimate of drug-likeness (QED) is 0.581. The van der Waals surface area contributed by atoms with Crippen LogP contribution in [-0.4, -0.2) is 20.1 Å². The summed E-state index contributed by atoms with van der Waals surface area (Å²) in [4.78, 5) is 0. The summed E-state index contributed by atoms with van der Waals surface area (Å²) in [6.07, 6.45) is 0.669. The van der Waals surface area contributed by atoms with E-state index in [9.17, 15) is 0 Å². The van der Waals surface area contributed by atoms with Gasteiger partial charge >= 0.3 is 0 Å². The molecule has 2 nitrogen and oxygen atoms in total. The van der Waals surface area contributed by atoms with E-state index < -0.39 is 0 Å². The van der Waals surface area contributed by atoms with Gasteiger partial charge in [0.1, 0.15) is 11.5 Å². The van der Waals surface area contributed by atoms with Crippen molar-refractivity contribution >= 4 is 11.6 Å². The highest BCUT2D eigenvalue weighted by atomic mass is 35.5. The number of hydrogen-bond acceptors (Lipinski definition) is 2. The van der Waals surface area contributed by atoms with Crippen LogP contribution in [-0.2, 0) is 0 Å². The van der Waals surface area contributed by atoms with E-state index in [2.05, 4.69) is 11.8 Å². The number of rotatable bonds is 3. The minimum atomic E-state index is 0.541. The van der Waals surface area contributed by atoms with Gasteiger partial charge in [0.25, 0.3) is 0 Å². The van der Waals surface area contributed by atoms with E-state index in [0.717, 1.165) is 17.1 Å². The Balaban J connectivity index is 2.97. The topological polar surface area (TPSA) is 18.5 Å². The molecule has 0 radical (unpaired) electrons. The average Bonchev–Trinajstić information content (AvgIpc) is 2.29. The van der Waals surface area contributed by atoms with Gasteiger partial charge in [-0.1, -0.05) is 11.8 Å². The Bertz CT molecular complexity index is 377. The standard InChI is InChI=1S/C12H13ClO2/c1-14-11-6-7-12(15-2)10(9-11)5-3-4-8-13/h6-7,9H,4,8H2,1-2H3. The second-order valence-corrected chi connectivity index (χ2v) is 3.18. The predicted molar refractivity (Wildman–Crippen MR) is 61.8 cm³/mol. The average molecular weight is 225 g/mol. The van der Waals surface area contributed by atoms with Crippen LogP contribution in [0, 0.1) is 11.8 Å². The maximum absolute atomic E-state index is 5.54. The lowest BCUT2D eigenvalue weighted by atomic mass is 10.2. The zero-order valence-electron chi connectivity index (χ0n) is 8.84. The molecule has 0 heterocycles. The number of alkyl halides is 1. The molecule has 1 rings (SSSR count). The van der Waals surface area contributed by atoms with E-state index in [0.29, 0.717) is 12.3 Å². The molecule has 0 spiro atoms. The van der Waals surface area contributed by atoms with E-state index in [-0.39, 0.29) is 0 Å². The van der Waals surface area contributed by atoms with Gasteiger partial charge in [0, 0.05) is 12.3 Å². The zero-order chi connectivity index (χ0) is 11.1. The first-order valence-electron chi connectivity index (χ1n) is 4.58. The van der Waals surface area contributed by atoms with Crippen molar-refractivity contribution in [1.82, 2.24) is 0 Å². The first-order chi connectivity index (χ1) is 7.31. The number of benzene rings is 1. The Hall–Kier alpha value is -1.33. The van der Waals surface area contributed by atoms with Crippen molar-refractivity contribution in [2.24, 2.45) is 0 Å². The second kappa shape index (κ2) is 6.21. The highest BCUT2D eigenvalue weighted by Gasteiger charge is 2.01. The molecular formula is C12H13ClO2. The van der Waals surface area contributed by atoms with Gasteiger partial charge in [-0.15, -0.1) is 11.6 Å². The highest BCUT2D eigenvalue weighted by Crippen LogP contribution is 2.22. The van der Waals surface area contributed by atoms with Gasteiger partial charge in [-0.2, -0.15) is 0 Å². The largest absolute Gasteiger partial charge is 0.497 e. The molecule has 0 unspecified atom stereocenters. The van der Waals surface area contributed by atoms with Crippen LogP contribution in [0.5, 0.6) is 11.5 Å². The molecule has 80 valence electrons. The summed E-state index contributed by atoms with van der Waals surface area (Å²) in [6.45, 7) is 0. The monoisotopic (exact) mass is 224 g/mol. The lowest BCUT2D eigenvalue weighted by molar-refractivity contribution is 0.402. The van der Waals surface area contributed by atoms with Gasteiger partial charge in [0.15, 0.2) is 0 Å². The molecule has 1 aromatic carbocycles. The molecule has 0 fully saturated rings. The lowest BCUT2D eigenvalue weighted by Gasteiger charge is -2.05. The number of hydrogen-bond donors (Lipinski definition) is 0. The van der Waals surface area contributed by atoms with Crippen LogP contribution in [0.3, 0.4) is 0 Å². The van der Waals surface area contributed by atoms with Crippen LogP contribution in [0.4, 0.5) is 0 Å². The van der Waals surface area contributed by atoms with Crippen molar-refractivity contribution in [2.45, 2.75) is 6.42 Å². The van der Waals surface area contributed by atoms with Crippen molar-refractivity contribution in [2.75, 3.05) is 20.1 Å². The van der Waals surface area contributed by atoms with Crippen molar-refractivity contribution in [1.29, 1.82) is 0 Å². The molecule has 0 saturated carbocycles. The van der Waals surface area contributed by atoms with Crippen LogP contribution in [0.1, 0.15) is 12.0 Å². The molecule has 0 atom stereocenters. The fourth-order valence-electron chi connectivity index (χ4n) is 1.12. The van der Waals surface area contributed by atoms with E-state index in [1.165, 1.54) is 0 Å². The first-order valence-corrected chi connectivity index (χ1v) is 5.12. The zero-order valence-corrected chi connectivity index (χ0v) is 9.60. The third kappa shape index (κ3) is 3.38. The third-order valence-corrected chi connectivity index (χ3v) is 2.04. The molecular weight excluding hydrogens is 212 g/mol. The van der Waals surface area contributed by atoms with Crippen LogP contribution in [0.15, 0.2) is 18.2 Å². The number of methoxy groups -OCH3 is 2. The Morgan fingerprint density at radius 3 is 2.67 bits per heavy atom. The van der Waals surface area contributed by atoms with Gasteiger partial charge in [-0.05, 0) is 18.2 Å². The maximum Gasteiger partial charge on any atom is 0.134 e. The molecule has 0 N–H and O–H groups in total. The van der Waals surface area contributed by atoms with Gasteiger partial charge in [-0.25, -0.2) is 0 Å². The summed E-state index contributed by atoms with van der Waals surface area (Å²) in [7, 11) is 3.24. The Labute approximate surface area is 95.2 Å². The predicted octanol–water partition coefficient (Wildman–Crippen LogP) is 2.68. The number of halogens is 1. The summed E-state index contributed by atoms with van der Waals surface area (Å²) < 4.78 is 10.3. The Morgan fingerprint density at radius 1 is 1.27 bits per heavy atom. The molecule has 15 heavy (non-hydrogen) atoms. The van der Waals surface area contributed by atoms with Gasteiger partial charge in [-0.3, -0.25) is 0 Å². The molecule has 1 aromatic rings. The molecule has 3 heteroatoms. The van der Waals surface area contributed by atoms with Crippen LogP contribution >= 0.6 is 11.6 Å². The van der Waals surface area contributed by atoms with Crippen LogP contribution < -0.4 is 9.47 Å².